The Kier molecular flexibility index (Phi) is 7.27. The second-order valence-corrected chi connectivity index (χ2v) is 9.27. The number of hydrogen-bond acceptors (Lipinski definition) is 5. The number of carbonyl (C=O) groups is 2. The molecule has 4 rings (SSSR count). The first-order valence-electron chi connectivity index (χ1n) is 10.0. The van der Waals surface area contributed by atoms with Gasteiger partial charge in [0.05, 0.1) is 28.1 Å². The molecular weight excluding hydrogens is 500 g/mol. The molecule has 1 unspecified atom stereocenters. The molecule has 1 fully saturated rings. The van der Waals surface area contributed by atoms with Crippen LogP contribution in [0.1, 0.15) is 11.3 Å². The highest BCUT2D eigenvalue weighted by Gasteiger charge is 2.40. The third-order valence-corrected chi connectivity index (χ3v) is 7.00. The Labute approximate surface area is 208 Å². The number of halogens is 3. The minimum absolute atomic E-state index is 0.0756. The molecule has 0 bridgehead atoms. The molecule has 1 atom stereocenters. The summed E-state index contributed by atoms with van der Waals surface area (Å²) in [6.45, 7) is 0.0756. The van der Waals surface area contributed by atoms with Crippen LogP contribution in [-0.2, 0) is 22.6 Å². The van der Waals surface area contributed by atoms with Crippen molar-refractivity contribution in [2.24, 2.45) is 0 Å². The van der Waals surface area contributed by atoms with Gasteiger partial charge in [-0.3, -0.25) is 14.5 Å². The van der Waals surface area contributed by atoms with E-state index in [2.05, 4.69) is 5.32 Å². The molecule has 1 N–H and O–H groups in total. The first kappa shape index (κ1) is 23.9. The molecule has 1 aliphatic heterocycles. The Balaban J connectivity index is 1.68. The number of rotatable bonds is 6. The molecular formula is C24H16Cl2FN3O3S. The van der Waals surface area contributed by atoms with E-state index in [1.54, 1.807) is 30.3 Å². The van der Waals surface area contributed by atoms with Crippen molar-refractivity contribution >= 4 is 52.5 Å². The number of carbonyl (C=O) groups excluding carboxylic acids is 2. The van der Waals surface area contributed by atoms with Crippen molar-refractivity contribution in [3.63, 3.8) is 0 Å². The molecule has 172 valence electrons. The molecule has 34 heavy (non-hydrogen) atoms. The van der Waals surface area contributed by atoms with E-state index in [0.717, 1.165) is 17.3 Å². The van der Waals surface area contributed by atoms with E-state index in [-0.39, 0.29) is 29.5 Å². The SMILES string of the molecule is N#C/C(C(=O)NCc1ccco1)=C1/SC(Cc2ccc(Cl)c(Cl)c2)C(=O)N1c1ccc(F)cc1. The number of hydrogen-bond donors (Lipinski definition) is 1. The van der Waals surface area contributed by atoms with E-state index in [0.29, 0.717) is 21.5 Å². The number of nitrogens with zero attached hydrogens (tertiary/aromatic N) is 2. The van der Waals surface area contributed by atoms with Gasteiger partial charge in [-0.15, -0.1) is 0 Å². The molecule has 3 aromatic rings. The highest BCUT2D eigenvalue weighted by molar-refractivity contribution is 8.05. The van der Waals surface area contributed by atoms with Gasteiger partial charge in [0.2, 0.25) is 5.91 Å². The van der Waals surface area contributed by atoms with Crippen LogP contribution in [0.2, 0.25) is 10.0 Å². The van der Waals surface area contributed by atoms with E-state index in [1.165, 1.54) is 35.4 Å². The fraction of sp³-hybridized carbons (Fsp3) is 0.125. The Bertz CT molecular complexity index is 1300. The van der Waals surface area contributed by atoms with Gasteiger partial charge in [0.25, 0.3) is 5.91 Å². The molecule has 0 radical (unpaired) electrons. The molecule has 2 aromatic carbocycles. The molecule has 10 heteroatoms. The summed E-state index contributed by atoms with van der Waals surface area (Å²) in [4.78, 5) is 27.5. The second kappa shape index (κ2) is 10.3. The molecule has 1 aromatic heterocycles. The lowest BCUT2D eigenvalue weighted by Crippen LogP contribution is -2.32. The third kappa shape index (κ3) is 5.12. The number of nitrogens with one attached hydrogen (secondary N) is 1. The third-order valence-electron chi connectivity index (χ3n) is 5.00. The van der Waals surface area contributed by atoms with E-state index in [4.69, 9.17) is 27.6 Å². The molecule has 0 aliphatic carbocycles. The van der Waals surface area contributed by atoms with Crippen molar-refractivity contribution in [3.8, 4) is 6.07 Å². The summed E-state index contributed by atoms with van der Waals surface area (Å²) in [5.74, 6) is -0.961. The second-order valence-electron chi connectivity index (χ2n) is 7.26. The zero-order valence-electron chi connectivity index (χ0n) is 17.4. The van der Waals surface area contributed by atoms with E-state index in [9.17, 15) is 19.2 Å². The summed E-state index contributed by atoms with van der Waals surface area (Å²) >= 11 is 13.2. The monoisotopic (exact) mass is 515 g/mol. The van der Waals surface area contributed by atoms with Gasteiger partial charge in [0.1, 0.15) is 28.2 Å². The first-order chi connectivity index (χ1) is 16.4. The summed E-state index contributed by atoms with van der Waals surface area (Å²) in [5, 5.41) is 12.7. The van der Waals surface area contributed by atoms with Crippen LogP contribution in [0.3, 0.4) is 0 Å². The van der Waals surface area contributed by atoms with Gasteiger partial charge in [-0.05, 0) is 60.5 Å². The van der Waals surface area contributed by atoms with E-state index < -0.39 is 17.0 Å². The molecule has 0 spiro atoms. The first-order valence-corrected chi connectivity index (χ1v) is 11.7. The Morgan fingerprint density at radius 1 is 1.18 bits per heavy atom. The van der Waals surface area contributed by atoms with Crippen LogP contribution in [0, 0.1) is 17.1 Å². The number of furan rings is 1. The summed E-state index contributed by atoms with van der Waals surface area (Å²) in [7, 11) is 0. The van der Waals surface area contributed by atoms with Crippen LogP contribution in [0.5, 0.6) is 0 Å². The topological polar surface area (TPSA) is 86.3 Å². The standard InChI is InChI=1S/C24H16Cl2FN3O3S/c25-19-8-3-14(10-20(19)26)11-21-23(32)30(16-6-4-15(27)5-7-16)24(34-21)18(12-28)22(31)29-13-17-2-1-9-33-17/h1-10,21H,11,13H2,(H,29,31)/b24-18-. The van der Waals surface area contributed by atoms with Crippen molar-refractivity contribution in [2.45, 2.75) is 18.2 Å². The van der Waals surface area contributed by atoms with Gasteiger partial charge in [0, 0.05) is 5.69 Å². The van der Waals surface area contributed by atoms with Crippen LogP contribution in [0.4, 0.5) is 10.1 Å². The molecule has 1 saturated heterocycles. The smallest absolute Gasteiger partial charge is 0.265 e. The molecule has 0 saturated carbocycles. The minimum Gasteiger partial charge on any atom is -0.467 e. The largest absolute Gasteiger partial charge is 0.467 e. The lowest BCUT2D eigenvalue weighted by molar-refractivity contribution is -0.117. The lowest BCUT2D eigenvalue weighted by Gasteiger charge is -2.18. The zero-order chi connectivity index (χ0) is 24.2. The number of nitriles is 1. The number of thioether (sulfide) groups is 1. The minimum atomic E-state index is -0.656. The molecule has 2 amide bonds. The maximum Gasteiger partial charge on any atom is 0.265 e. The van der Waals surface area contributed by atoms with Crippen molar-refractivity contribution in [1.29, 1.82) is 5.26 Å². The number of anilines is 1. The highest BCUT2D eigenvalue weighted by atomic mass is 35.5. The summed E-state index contributed by atoms with van der Waals surface area (Å²) in [5.41, 5.74) is 0.879. The van der Waals surface area contributed by atoms with Gasteiger partial charge in [-0.2, -0.15) is 5.26 Å². The average Bonchev–Trinajstić information content (AvgIpc) is 3.45. The predicted octanol–water partition coefficient (Wildman–Crippen LogP) is 5.47. The van der Waals surface area contributed by atoms with Crippen molar-refractivity contribution in [1.82, 2.24) is 5.32 Å². The summed E-state index contributed by atoms with van der Waals surface area (Å²) in [6, 6.07) is 15.6. The predicted molar refractivity (Wildman–Crippen MR) is 129 cm³/mol. The van der Waals surface area contributed by atoms with Crippen LogP contribution in [-0.4, -0.2) is 17.1 Å². The fourth-order valence-electron chi connectivity index (χ4n) is 3.36. The molecule has 6 nitrogen and oxygen atoms in total. The summed E-state index contributed by atoms with van der Waals surface area (Å²) < 4.78 is 18.7. The lowest BCUT2D eigenvalue weighted by atomic mass is 10.1. The summed E-state index contributed by atoms with van der Waals surface area (Å²) in [6.07, 6.45) is 1.76. The molecule has 2 heterocycles. The quantitative estimate of drug-likeness (QED) is 0.347. The van der Waals surface area contributed by atoms with Gasteiger partial charge in [-0.1, -0.05) is 41.0 Å². The van der Waals surface area contributed by atoms with Crippen LogP contribution < -0.4 is 10.2 Å². The Hall–Kier alpha value is -3.25. The van der Waals surface area contributed by atoms with Gasteiger partial charge in [-0.25, -0.2) is 4.39 Å². The van der Waals surface area contributed by atoms with Gasteiger partial charge < -0.3 is 9.73 Å². The van der Waals surface area contributed by atoms with Crippen LogP contribution in [0.25, 0.3) is 0 Å². The van der Waals surface area contributed by atoms with Crippen molar-refractivity contribution in [2.75, 3.05) is 4.90 Å². The highest BCUT2D eigenvalue weighted by Crippen LogP contribution is 2.42. The molecule has 1 aliphatic rings. The van der Waals surface area contributed by atoms with Gasteiger partial charge >= 0.3 is 0 Å². The Morgan fingerprint density at radius 3 is 2.59 bits per heavy atom. The maximum atomic E-state index is 13.5. The average molecular weight is 516 g/mol. The van der Waals surface area contributed by atoms with E-state index >= 15 is 0 Å². The van der Waals surface area contributed by atoms with Crippen LogP contribution in [0.15, 0.2) is 75.9 Å². The van der Waals surface area contributed by atoms with Crippen molar-refractivity contribution in [3.05, 3.63) is 98.6 Å². The zero-order valence-corrected chi connectivity index (χ0v) is 19.8. The Morgan fingerprint density at radius 2 is 1.94 bits per heavy atom. The normalized spacial score (nSPS) is 16.9. The number of benzene rings is 2. The van der Waals surface area contributed by atoms with Crippen molar-refractivity contribution < 1.29 is 18.4 Å². The fourth-order valence-corrected chi connectivity index (χ4v) is 4.99. The van der Waals surface area contributed by atoms with Crippen LogP contribution >= 0.6 is 35.0 Å². The van der Waals surface area contributed by atoms with E-state index in [1.807, 2.05) is 6.07 Å². The maximum absolute atomic E-state index is 13.5. The van der Waals surface area contributed by atoms with Gasteiger partial charge in [0.15, 0.2) is 0 Å². The number of amides is 2.